The lowest BCUT2D eigenvalue weighted by Crippen LogP contribution is -2.23. The molecule has 1 aromatic heterocycles. The second-order valence-electron chi connectivity index (χ2n) is 5.69. The molecule has 2 aromatic rings. The van der Waals surface area contributed by atoms with Gasteiger partial charge in [0.05, 0.1) is 0 Å². The number of carbonyl (C=O) groups is 3. The van der Waals surface area contributed by atoms with Gasteiger partial charge in [-0.05, 0) is 17.7 Å². The predicted molar refractivity (Wildman–Crippen MR) is 90.7 cm³/mol. The summed E-state index contributed by atoms with van der Waals surface area (Å²) in [7, 11) is 3.35. The second-order valence-corrected chi connectivity index (χ2v) is 5.69. The molecular formula is C18H20N2O5. The minimum absolute atomic E-state index is 0.000740. The molecule has 0 aliphatic heterocycles. The summed E-state index contributed by atoms with van der Waals surface area (Å²) in [5.41, 5.74) is 1.37. The molecule has 132 valence electrons. The normalized spacial score (nSPS) is 10.4. The number of carboxylic acids is 1. The van der Waals surface area contributed by atoms with E-state index in [0.29, 0.717) is 12.0 Å². The summed E-state index contributed by atoms with van der Waals surface area (Å²) in [6.45, 7) is 1.99. The zero-order valence-corrected chi connectivity index (χ0v) is 14.3. The van der Waals surface area contributed by atoms with Crippen LogP contribution in [-0.4, -0.2) is 41.9 Å². The number of aryl methyl sites for hydroxylation is 1. The van der Waals surface area contributed by atoms with E-state index in [1.807, 2.05) is 0 Å². The lowest BCUT2D eigenvalue weighted by molar-refractivity contribution is 0.0693. The smallest absolute Gasteiger partial charge is 0.339 e. The van der Waals surface area contributed by atoms with Gasteiger partial charge in [-0.25, -0.2) is 4.79 Å². The lowest BCUT2D eigenvalue weighted by Gasteiger charge is -2.10. The number of rotatable bonds is 6. The number of hydrogen-bond acceptors (Lipinski definition) is 4. The predicted octanol–water partition coefficient (Wildman–Crippen LogP) is 2.17. The molecule has 0 fully saturated rings. The van der Waals surface area contributed by atoms with Crippen molar-refractivity contribution < 1.29 is 23.9 Å². The maximum atomic E-state index is 12.1. The molecule has 0 bridgehead atoms. The van der Waals surface area contributed by atoms with E-state index in [9.17, 15) is 14.4 Å². The monoisotopic (exact) mass is 344 g/mol. The molecule has 0 unspecified atom stereocenters. The molecule has 0 radical (unpaired) electrons. The summed E-state index contributed by atoms with van der Waals surface area (Å²) in [5, 5.41) is 11.8. The first-order valence-corrected chi connectivity index (χ1v) is 7.78. The summed E-state index contributed by atoms with van der Waals surface area (Å²) < 4.78 is 5.31. The van der Waals surface area contributed by atoms with Gasteiger partial charge in [0.15, 0.2) is 5.76 Å². The van der Waals surface area contributed by atoms with Crippen molar-refractivity contribution in [2.24, 2.45) is 0 Å². The van der Waals surface area contributed by atoms with E-state index >= 15 is 0 Å². The van der Waals surface area contributed by atoms with Crippen LogP contribution in [0.1, 0.15) is 49.5 Å². The number of carbonyl (C=O) groups excluding carboxylic acids is 2. The average molecular weight is 344 g/mol. The minimum Gasteiger partial charge on any atom is -0.478 e. The van der Waals surface area contributed by atoms with Crippen LogP contribution in [0.2, 0.25) is 0 Å². The van der Waals surface area contributed by atoms with E-state index in [1.165, 1.54) is 11.0 Å². The van der Waals surface area contributed by atoms with Crippen LogP contribution >= 0.6 is 0 Å². The molecule has 1 aromatic carbocycles. The molecule has 0 aliphatic carbocycles. The fraction of sp³-hybridized carbons (Fsp3) is 0.278. The number of nitrogens with one attached hydrogen (secondary N) is 1. The third kappa shape index (κ3) is 4.26. The van der Waals surface area contributed by atoms with E-state index in [4.69, 9.17) is 9.52 Å². The molecule has 7 heteroatoms. The first-order valence-electron chi connectivity index (χ1n) is 7.78. The highest BCUT2D eigenvalue weighted by Crippen LogP contribution is 2.16. The Labute approximate surface area is 145 Å². The maximum absolute atomic E-state index is 12.1. The Balaban J connectivity index is 2.03. The molecule has 2 rings (SSSR count). The van der Waals surface area contributed by atoms with Crippen LogP contribution in [0.25, 0.3) is 0 Å². The summed E-state index contributed by atoms with van der Waals surface area (Å²) in [6.07, 6.45) is 0.385. The van der Waals surface area contributed by atoms with Crippen molar-refractivity contribution in [3.63, 3.8) is 0 Å². The Morgan fingerprint density at radius 1 is 1.16 bits per heavy atom. The summed E-state index contributed by atoms with van der Waals surface area (Å²) >= 11 is 0. The molecule has 25 heavy (non-hydrogen) atoms. The summed E-state index contributed by atoms with van der Waals surface area (Å²) in [4.78, 5) is 36.5. The van der Waals surface area contributed by atoms with Gasteiger partial charge >= 0.3 is 5.97 Å². The van der Waals surface area contributed by atoms with E-state index < -0.39 is 11.9 Å². The molecule has 0 saturated heterocycles. The number of amides is 2. The van der Waals surface area contributed by atoms with Crippen molar-refractivity contribution in [3.8, 4) is 0 Å². The first-order chi connectivity index (χ1) is 11.8. The van der Waals surface area contributed by atoms with Gasteiger partial charge in [-0.15, -0.1) is 0 Å². The van der Waals surface area contributed by atoms with Crippen molar-refractivity contribution in [2.45, 2.75) is 19.9 Å². The van der Waals surface area contributed by atoms with Crippen LogP contribution in [0, 0.1) is 0 Å². The van der Waals surface area contributed by atoms with Gasteiger partial charge in [-0.1, -0.05) is 19.1 Å². The number of benzene rings is 1. The zero-order valence-electron chi connectivity index (χ0n) is 14.3. The van der Waals surface area contributed by atoms with Gasteiger partial charge in [0.1, 0.15) is 11.3 Å². The Bertz CT molecular complexity index is 790. The molecular weight excluding hydrogens is 324 g/mol. The van der Waals surface area contributed by atoms with Crippen molar-refractivity contribution >= 4 is 17.8 Å². The van der Waals surface area contributed by atoms with Crippen LogP contribution in [-0.2, 0) is 13.0 Å². The average Bonchev–Trinajstić information content (AvgIpc) is 3.04. The van der Waals surface area contributed by atoms with Crippen molar-refractivity contribution in [1.29, 1.82) is 0 Å². The molecule has 7 nitrogen and oxygen atoms in total. The van der Waals surface area contributed by atoms with E-state index in [2.05, 4.69) is 5.32 Å². The maximum Gasteiger partial charge on any atom is 0.339 e. The Hall–Kier alpha value is -3.09. The van der Waals surface area contributed by atoms with Crippen LogP contribution in [0.3, 0.4) is 0 Å². The highest BCUT2D eigenvalue weighted by molar-refractivity contribution is 5.96. The van der Waals surface area contributed by atoms with Gasteiger partial charge in [0.25, 0.3) is 11.8 Å². The topological polar surface area (TPSA) is 99.9 Å². The van der Waals surface area contributed by atoms with Gasteiger partial charge in [0, 0.05) is 38.7 Å². The third-order valence-corrected chi connectivity index (χ3v) is 3.64. The fourth-order valence-electron chi connectivity index (χ4n) is 2.28. The third-order valence-electron chi connectivity index (χ3n) is 3.64. The molecule has 2 N–H and O–H groups in total. The Kier molecular flexibility index (Phi) is 5.59. The summed E-state index contributed by atoms with van der Waals surface area (Å²) in [5.74, 6) is -1.48. The fourth-order valence-corrected chi connectivity index (χ4v) is 2.28. The van der Waals surface area contributed by atoms with E-state index in [-0.39, 0.29) is 29.5 Å². The van der Waals surface area contributed by atoms with E-state index in [1.54, 1.807) is 45.3 Å². The van der Waals surface area contributed by atoms with Gasteiger partial charge < -0.3 is 19.7 Å². The molecule has 0 saturated carbocycles. The van der Waals surface area contributed by atoms with Crippen molar-refractivity contribution in [3.05, 3.63) is 58.5 Å². The molecule has 0 spiro atoms. The number of aromatic carboxylic acids is 1. The minimum atomic E-state index is -1.12. The molecule has 1 heterocycles. The Morgan fingerprint density at radius 2 is 1.80 bits per heavy atom. The standard InChI is InChI=1S/C18H20N2O5/c1-4-14-13(18(23)24)9-15(25-14)16(21)19-10-11-5-7-12(8-6-11)17(22)20(2)3/h5-9H,4,10H2,1-3H3,(H,19,21)(H,23,24). The largest absolute Gasteiger partial charge is 0.478 e. The molecule has 0 atom stereocenters. The van der Waals surface area contributed by atoms with Crippen molar-refractivity contribution in [1.82, 2.24) is 10.2 Å². The van der Waals surface area contributed by atoms with Crippen LogP contribution in [0.4, 0.5) is 0 Å². The van der Waals surface area contributed by atoms with Crippen LogP contribution < -0.4 is 5.32 Å². The molecule has 0 aliphatic rings. The highest BCUT2D eigenvalue weighted by Gasteiger charge is 2.19. The summed E-state index contributed by atoms with van der Waals surface area (Å²) in [6, 6.07) is 8.11. The second kappa shape index (κ2) is 7.65. The number of nitrogens with zero attached hydrogens (tertiary/aromatic N) is 1. The number of hydrogen-bond donors (Lipinski definition) is 2. The SMILES string of the molecule is CCc1oc(C(=O)NCc2ccc(C(=O)N(C)C)cc2)cc1C(=O)O. The van der Waals surface area contributed by atoms with Crippen molar-refractivity contribution in [2.75, 3.05) is 14.1 Å². The zero-order chi connectivity index (χ0) is 18.6. The lowest BCUT2D eigenvalue weighted by atomic mass is 10.1. The van der Waals surface area contributed by atoms with E-state index in [0.717, 1.165) is 5.56 Å². The highest BCUT2D eigenvalue weighted by atomic mass is 16.4. The number of furan rings is 1. The van der Waals surface area contributed by atoms with Crippen LogP contribution in [0.15, 0.2) is 34.7 Å². The first kappa shape index (κ1) is 18.3. The van der Waals surface area contributed by atoms with Gasteiger partial charge in [-0.2, -0.15) is 0 Å². The molecule has 2 amide bonds. The Morgan fingerprint density at radius 3 is 2.28 bits per heavy atom. The van der Waals surface area contributed by atoms with Crippen LogP contribution in [0.5, 0.6) is 0 Å². The van der Waals surface area contributed by atoms with Gasteiger partial charge in [0.2, 0.25) is 0 Å². The van der Waals surface area contributed by atoms with Gasteiger partial charge in [-0.3, -0.25) is 9.59 Å². The number of carboxylic acid groups (broad SMARTS) is 1. The quantitative estimate of drug-likeness (QED) is 0.836.